The van der Waals surface area contributed by atoms with E-state index >= 15 is 0 Å². The van der Waals surface area contributed by atoms with Crippen LogP contribution in [-0.4, -0.2) is 14.6 Å². The fraction of sp³-hybridized carbons (Fsp3) is 1.00. The van der Waals surface area contributed by atoms with Crippen molar-refractivity contribution in [2.24, 2.45) is 0 Å². The molecule has 1 aliphatic carbocycles. The maximum atomic E-state index is 9.05. The highest BCUT2D eigenvalue weighted by atomic mass is 28.2. The lowest BCUT2D eigenvalue weighted by Gasteiger charge is -2.15. The minimum absolute atomic E-state index is 0.669. The van der Waals surface area contributed by atoms with Crippen LogP contribution in [0.3, 0.4) is 0 Å². The zero-order chi connectivity index (χ0) is 7.23. The van der Waals surface area contributed by atoms with Crippen LogP contribution in [0.4, 0.5) is 0 Å². The fourth-order valence-electron chi connectivity index (χ4n) is 1.72. The molecule has 0 saturated heterocycles. The molecule has 0 aromatic carbocycles. The van der Waals surface area contributed by atoms with Crippen LogP contribution in [0, 0.1) is 0 Å². The van der Waals surface area contributed by atoms with E-state index in [9.17, 15) is 0 Å². The van der Waals surface area contributed by atoms with E-state index in [1.165, 1.54) is 44.9 Å². The van der Waals surface area contributed by atoms with Crippen molar-refractivity contribution in [2.75, 3.05) is 0 Å². The first-order valence-corrected chi connectivity index (χ1v) is 5.99. The van der Waals surface area contributed by atoms with Gasteiger partial charge in [-0.05, 0) is 5.54 Å². The lowest BCUT2D eigenvalue weighted by molar-refractivity contribution is 0.472. The molecule has 0 amide bonds. The second kappa shape index (κ2) is 4.91. The molecule has 10 heavy (non-hydrogen) atoms. The smallest absolute Gasteiger partial charge is 0.159 e. The first-order chi connectivity index (χ1) is 4.93. The van der Waals surface area contributed by atoms with Gasteiger partial charge in [0.2, 0.25) is 0 Å². The van der Waals surface area contributed by atoms with E-state index in [0.29, 0.717) is 0 Å². The molecule has 1 rings (SSSR count). The molecule has 0 aromatic rings. The lowest BCUT2D eigenvalue weighted by Crippen LogP contribution is -2.05. The van der Waals surface area contributed by atoms with Crippen LogP contribution in [0.5, 0.6) is 0 Å². The zero-order valence-electron chi connectivity index (χ0n) is 6.68. The van der Waals surface area contributed by atoms with E-state index in [1.807, 2.05) is 0 Å². The second-order valence-corrected chi connectivity index (χ2v) is 4.91. The Balaban J connectivity index is 2.16. The van der Waals surface area contributed by atoms with Gasteiger partial charge < -0.3 is 4.80 Å². The molecule has 0 heterocycles. The van der Waals surface area contributed by atoms with Crippen molar-refractivity contribution in [1.82, 2.24) is 0 Å². The molecule has 1 fully saturated rings. The van der Waals surface area contributed by atoms with Crippen LogP contribution < -0.4 is 0 Å². The molecule has 0 radical (unpaired) electrons. The van der Waals surface area contributed by atoms with Gasteiger partial charge in [-0.15, -0.1) is 0 Å². The van der Waals surface area contributed by atoms with Crippen LogP contribution in [0.1, 0.15) is 44.9 Å². The summed E-state index contributed by atoms with van der Waals surface area (Å²) in [6.45, 7) is 0. The Morgan fingerprint density at radius 2 is 1.40 bits per heavy atom. The van der Waals surface area contributed by atoms with E-state index in [4.69, 9.17) is 4.80 Å². The van der Waals surface area contributed by atoms with Crippen molar-refractivity contribution in [3.63, 3.8) is 0 Å². The molecule has 1 aliphatic rings. The Hall–Kier alpha value is 0.177. The van der Waals surface area contributed by atoms with Crippen molar-refractivity contribution >= 4 is 9.76 Å². The maximum absolute atomic E-state index is 9.05. The molecule has 0 atom stereocenters. The van der Waals surface area contributed by atoms with Crippen LogP contribution in [0.15, 0.2) is 0 Å². The largest absolute Gasteiger partial charge is 0.438 e. The maximum Gasteiger partial charge on any atom is 0.159 e. The van der Waals surface area contributed by atoms with Crippen LogP contribution in [0.25, 0.3) is 0 Å². The molecule has 1 saturated carbocycles. The normalized spacial score (nSPS) is 24.9. The number of hydrogen-bond acceptors (Lipinski definition) is 1. The topological polar surface area (TPSA) is 20.2 Å². The third-order valence-electron chi connectivity index (χ3n) is 2.48. The van der Waals surface area contributed by atoms with Gasteiger partial charge in [-0.25, -0.2) is 0 Å². The third-order valence-corrected chi connectivity index (χ3v) is 3.82. The predicted octanol–water partition coefficient (Wildman–Crippen LogP) is 1.60. The van der Waals surface area contributed by atoms with Gasteiger partial charge >= 0.3 is 0 Å². The van der Waals surface area contributed by atoms with Gasteiger partial charge in [0.05, 0.1) is 0 Å². The molecule has 1 nitrogen and oxygen atoms in total. The lowest BCUT2D eigenvalue weighted by atomic mass is 10.0. The van der Waals surface area contributed by atoms with E-state index < -0.39 is 9.76 Å². The Morgan fingerprint density at radius 3 is 1.90 bits per heavy atom. The average Bonchev–Trinajstić information content (AvgIpc) is 1.87. The molecule has 0 aliphatic heterocycles. The third kappa shape index (κ3) is 2.84. The Labute approximate surface area is 65.8 Å². The van der Waals surface area contributed by atoms with Crippen molar-refractivity contribution in [1.29, 1.82) is 0 Å². The molecule has 0 spiro atoms. The van der Waals surface area contributed by atoms with Crippen molar-refractivity contribution < 1.29 is 4.80 Å². The summed E-state index contributed by atoms with van der Waals surface area (Å²) in [7, 11) is -0.669. The number of rotatable bonds is 1. The van der Waals surface area contributed by atoms with Crippen LogP contribution >= 0.6 is 0 Å². The van der Waals surface area contributed by atoms with E-state index in [2.05, 4.69) is 0 Å². The molecular formula is C8H18OSi. The summed E-state index contributed by atoms with van der Waals surface area (Å²) in [4.78, 5) is 9.05. The molecule has 0 aromatic heterocycles. The Bertz CT molecular complexity index is 77.3. The predicted molar refractivity (Wildman–Crippen MR) is 46.8 cm³/mol. The minimum atomic E-state index is -0.669. The Kier molecular flexibility index (Phi) is 4.06. The van der Waals surface area contributed by atoms with Gasteiger partial charge in [-0.1, -0.05) is 44.9 Å². The summed E-state index contributed by atoms with van der Waals surface area (Å²) < 4.78 is 0. The number of hydrogen-bond donors (Lipinski definition) is 1. The highest BCUT2D eigenvalue weighted by molar-refractivity contribution is 6.27. The van der Waals surface area contributed by atoms with Gasteiger partial charge in [-0.3, -0.25) is 0 Å². The average molecular weight is 158 g/mol. The summed E-state index contributed by atoms with van der Waals surface area (Å²) >= 11 is 0. The standard InChI is InChI=1S/C8H18OSi/c9-10-8-6-4-2-1-3-5-7-8/h8-9H,1-7,10H2. The first-order valence-electron chi connectivity index (χ1n) is 4.54. The second-order valence-electron chi connectivity index (χ2n) is 3.39. The zero-order valence-corrected chi connectivity index (χ0v) is 8.10. The Morgan fingerprint density at radius 1 is 0.900 bits per heavy atom. The molecule has 0 bridgehead atoms. The van der Waals surface area contributed by atoms with Crippen LogP contribution in [-0.2, 0) is 0 Å². The van der Waals surface area contributed by atoms with Crippen molar-refractivity contribution in [2.45, 2.75) is 50.5 Å². The highest BCUT2D eigenvalue weighted by Crippen LogP contribution is 2.24. The summed E-state index contributed by atoms with van der Waals surface area (Å²) in [5.41, 5.74) is 0.764. The summed E-state index contributed by atoms with van der Waals surface area (Å²) in [5.74, 6) is 0. The quantitative estimate of drug-likeness (QED) is 0.575. The van der Waals surface area contributed by atoms with Crippen LogP contribution in [0.2, 0.25) is 5.54 Å². The van der Waals surface area contributed by atoms with Crippen molar-refractivity contribution in [3.05, 3.63) is 0 Å². The van der Waals surface area contributed by atoms with E-state index in [1.54, 1.807) is 0 Å². The van der Waals surface area contributed by atoms with Gasteiger partial charge in [0.1, 0.15) is 0 Å². The minimum Gasteiger partial charge on any atom is -0.438 e. The molecule has 1 N–H and O–H groups in total. The van der Waals surface area contributed by atoms with Crippen molar-refractivity contribution in [3.8, 4) is 0 Å². The van der Waals surface area contributed by atoms with E-state index in [0.717, 1.165) is 5.54 Å². The first kappa shape index (κ1) is 8.28. The van der Waals surface area contributed by atoms with Gasteiger partial charge in [0, 0.05) is 0 Å². The van der Waals surface area contributed by atoms with Gasteiger partial charge in [-0.2, -0.15) is 0 Å². The summed E-state index contributed by atoms with van der Waals surface area (Å²) in [5, 5.41) is 0. The summed E-state index contributed by atoms with van der Waals surface area (Å²) in [6.07, 6.45) is 9.64. The molecular weight excluding hydrogens is 140 g/mol. The molecule has 0 unspecified atom stereocenters. The van der Waals surface area contributed by atoms with Gasteiger partial charge in [0.25, 0.3) is 0 Å². The summed E-state index contributed by atoms with van der Waals surface area (Å²) in [6, 6.07) is 0. The molecule has 2 heteroatoms. The highest BCUT2D eigenvalue weighted by Gasteiger charge is 2.09. The SMILES string of the molecule is O[SiH2]C1CCCCCCC1. The van der Waals surface area contributed by atoms with Gasteiger partial charge in [0.15, 0.2) is 9.76 Å². The monoisotopic (exact) mass is 158 g/mol. The molecule has 60 valence electrons. The fourth-order valence-corrected chi connectivity index (χ4v) is 2.67. The van der Waals surface area contributed by atoms with E-state index in [-0.39, 0.29) is 0 Å².